The Morgan fingerprint density at radius 1 is 1.28 bits per heavy atom. The third-order valence-electron chi connectivity index (χ3n) is 3.23. The summed E-state index contributed by atoms with van der Waals surface area (Å²) in [6, 6.07) is 1.48. The Balaban J connectivity index is 0.00000312. The topological polar surface area (TPSA) is 99.2 Å². The maximum atomic E-state index is 12.3. The molecule has 0 radical (unpaired) electrons. The molecule has 0 spiro atoms. The molecule has 8 nitrogen and oxygen atoms in total. The van der Waals surface area contributed by atoms with Crippen LogP contribution < -0.4 is 33.6 Å². The van der Waals surface area contributed by atoms with Gasteiger partial charge in [-0.25, -0.2) is 4.79 Å². The Morgan fingerprint density at radius 3 is 2.36 bits per heavy atom. The van der Waals surface area contributed by atoms with Gasteiger partial charge >= 0.3 is 25.0 Å². The average Bonchev–Trinajstić information content (AvgIpc) is 2.89. The smallest absolute Gasteiger partial charge is 0.544 e. The predicted octanol–water partition coefficient (Wildman–Crippen LogP) is -2.29. The summed E-state index contributed by atoms with van der Waals surface area (Å²) in [5.74, 6) is -1.53. The quantitative estimate of drug-likeness (QED) is 0.561. The molecule has 1 saturated heterocycles. The molecule has 0 saturated carbocycles. The van der Waals surface area contributed by atoms with Crippen LogP contribution in [0.3, 0.4) is 0 Å². The van der Waals surface area contributed by atoms with Gasteiger partial charge in [-0.1, -0.05) is 0 Å². The van der Waals surface area contributed by atoms with Crippen LogP contribution in [0.1, 0.15) is 30.4 Å². The van der Waals surface area contributed by atoms with Crippen LogP contribution in [0.2, 0.25) is 0 Å². The predicted molar refractivity (Wildman–Crippen MR) is 85.4 cm³/mol. The van der Waals surface area contributed by atoms with Gasteiger partial charge in [0.2, 0.25) is 5.91 Å². The van der Waals surface area contributed by atoms with Gasteiger partial charge in [0.25, 0.3) is 0 Å². The van der Waals surface area contributed by atoms with Gasteiger partial charge in [0.05, 0.1) is 18.0 Å². The van der Waals surface area contributed by atoms with Crippen molar-refractivity contribution in [3.05, 3.63) is 10.9 Å². The summed E-state index contributed by atoms with van der Waals surface area (Å²) in [6.45, 7) is 5.67. The summed E-state index contributed by atoms with van der Waals surface area (Å²) in [6.07, 6.45) is -0.547. The van der Waals surface area contributed by atoms with E-state index < -0.39 is 17.7 Å². The number of amides is 2. The minimum Gasteiger partial charge on any atom is -0.544 e. The largest absolute Gasteiger partial charge is 1.00 e. The van der Waals surface area contributed by atoms with Gasteiger partial charge < -0.3 is 24.3 Å². The van der Waals surface area contributed by atoms with Crippen molar-refractivity contribution in [3.63, 3.8) is 0 Å². The molecule has 0 aliphatic carbocycles. The van der Waals surface area contributed by atoms with Gasteiger partial charge in [-0.05, 0) is 20.8 Å². The summed E-state index contributed by atoms with van der Waals surface area (Å²) in [5.41, 5.74) is -0.637. The maximum absolute atomic E-state index is 12.3. The van der Waals surface area contributed by atoms with Crippen molar-refractivity contribution < 1.29 is 47.8 Å². The molecule has 2 amide bonds. The van der Waals surface area contributed by atoms with Crippen LogP contribution in [0, 0.1) is 0 Å². The van der Waals surface area contributed by atoms with Crippen molar-refractivity contribution in [2.24, 2.45) is 0 Å². The number of piperazine rings is 1. The van der Waals surface area contributed by atoms with Crippen LogP contribution in [0.15, 0.2) is 6.07 Å². The zero-order valence-corrected chi connectivity index (χ0v) is 15.8. The summed E-state index contributed by atoms with van der Waals surface area (Å²) in [4.78, 5) is 38.1. The number of methoxy groups -OCH3 is 1. The molecule has 0 atom stereocenters. The number of aromatic carboxylic acids is 1. The number of hydrogen-bond donors (Lipinski definition) is 0. The minimum atomic E-state index is -1.36. The second kappa shape index (κ2) is 8.12. The fraction of sp³-hybridized carbons (Fsp3) is 0.533. The van der Waals surface area contributed by atoms with Crippen molar-refractivity contribution in [2.75, 3.05) is 31.6 Å². The molecule has 0 bridgehead atoms. The molecule has 1 aliphatic heterocycles. The Morgan fingerprint density at radius 2 is 1.92 bits per heavy atom. The Labute approximate surface area is 161 Å². The first-order valence-electron chi connectivity index (χ1n) is 7.30. The van der Waals surface area contributed by atoms with E-state index in [1.54, 1.807) is 20.8 Å². The van der Waals surface area contributed by atoms with Crippen molar-refractivity contribution >= 4 is 34.3 Å². The van der Waals surface area contributed by atoms with Crippen molar-refractivity contribution in [3.8, 4) is 5.75 Å². The van der Waals surface area contributed by atoms with Gasteiger partial charge in [-0.15, -0.1) is 11.3 Å². The molecule has 0 aromatic carbocycles. The minimum absolute atomic E-state index is 0. The van der Waals surface area contributed by atoms with Crippen molar-refractivity contribution in [1.82, 2.24) is 4.90 Å². The fourth-order valence-electron chi connectivity index (χ4n) is 2.18. The molecule has 0 N–H and O–H groups in total. The number of rotatable bonds is 3. The third kappa shape index (κ3) is 5.14. The molecule has 2 heterocycles. The van der Waals surface area contributed by atoms with E-state index in [9.17, 15) is 19.5 Å². The van der Waals surface area contributed by atoms with Crippen LogP contribution in [-0.2, 0) is 9.53 Å². The molecule has 25 heavy (non-hydrogen) atoms. The first-order chi connectivity index (χ1) is 11.1. The molecule has 10 heteroatoms. The van der Waals surface area contributed by atoms with Gasteiger partial charge in [-0.2, -0.15) is 0 Å². The zero-order valence-electron chi connectivity index (χ0n) is 15.0. The van der Waals surface area contributed by atoms with Crippen LogP contribution in [0.25, 0.3) is 0 Å². The van der Waals surface area contributed by atoms with E-state index in [4.69, 9.17) is 9.47 Å². The van der Waals surface area contributed by atoms with Crippen molar-refractivity contribution in [2.45, 2.75) is 26.4 Å². The number of anilines is 1. The standard InChI is InChI=1S/C15H20N2O6S.Li/c1-15(2,3)23-14(21)16-5-6-17(10(18)8-16)11-7-9(22-4)12(24-11)13(19)20;/h7H,5-6,8H2,1-4H3,(H,19,20);/q;+1/p-1. The van der Waals surface area contributed by atoms with Gasteiger partial charge in [0.15, 0.2) is 0 Å². The average molecular weight is 362 g/mol. The molecule has 0 unspecified atom stereocenters. The number of nitrogens with zero attached hydrogens (tertiary/aromatic N) is 2. The Bertz CT molecular complexity index is 669. The normalized spacial score (nSPS) is 14.8. The van der Waals surface area contributed by atoms with E-state index in [0.717, 1.165) is 11.3 Å². The van der Waals surface area contributed by atoms with Gasteiger partial charge in [0, 0.05) is 19.2 Å². The number of thiophene rings is 1. The molecule has 1 aromatic rings. The number of carboxylic acid groups (broad SMARTS) is 1. The molecular formula is C15H19LiN2O6S. The number of carboxylic acids is 1. The fourth-order valence-corrected chi connectivity index (χ4v) is 3.18. The molecular weight excluding hydrogens is 343 g/mol. The molecule has 132 valence electrons. The molecule has 1 fully saturated rings. The molecule has 1 aliphatic rings. The Kier molecular flexibility index (Phi) is 6.94. The van der Waals surface area contributed by atoms with E-state index >= 15 is 0 Å². The van der Waals surface area contributed by atoms with Crippen molar-refractivity contribution in [1.29, 1.82) is 0 Å². The van der Waals surface area contributed by atoms with Crippen LogP contribution in [-0.4, -0.2) is 55.2 Å². The van der Waals surface area contributed by atoms with Crippen LogP contribution >= 0.6 is 11.3 Å². The second-order valence-electron chi connectivity index (χ2n) is 6.22. The third-order valence-corrected chi connectivity index (χ3v) is 4.35. The summed E-state index contributed by atoms with van der Waals surface area (Å²) < 4.78 is 10.2. The summed E-state index contributed by atoms with van der Waals surface area (Å²) >= 11 is 0.905. The maximum Gasteiger partial charge on any atom is 1.00 e. The number of ether oxygens (including phenoxy) is 2. The first-order valence-corrected chi connectivity index (χ1v) is 8.11. The van der Waals surface area contributed by atoms with E-state index in [1.165, 1.54) is 23.0 Å². The SMILES string of the molecule is COc1cc(N2CCN(C(=O)OC(C)(C)C)CC2=O)sc1C(=O)[O-].[Li+]. The van der Waals surface area contributed by atoms with Gasteiger partial charge in [0.1, 0.15) is 22.9 Å². The summed E-state index contributed by atoms with van der Waals surface area (Å²) in [5, 5.41) is 11.5. The molecule has 2 rings (SSSR count). The van der Waals surface area contributed by atoms with E-state index in [2.05, 4.69) is 0 Å². The van der Waals surface area contributed by atoms with Crippen LogP contribution in [0.5, 0.6) is 5.75 Å². The van der Waals surface area contributed by atoms with Gasteiger partial charge in [-0.3, -0.25) is 9.69 Å². The van der Waals surface area contributed by atoms with E-state index in [1.807, 2.05) is 0 Å². The van der Waals surface area contributed by atoms with E-state index in [-0.39, 0.29) is 48.5 Å². The molecule has 1 aromatic heterocycles. The number of hydrogen-bond acceptors (Lipinski definition) is 7. The first kappa shape index (κ1) is 21.4. The summed E-state index contributed by atoms with van der Waals surface area (Å²) in [7, 11) is 1.35. The van der Waals surface area contributed by atoms with E-state index in [0.29, 0.717) is 11.5 Å². The number of carbonyl (C=O) groups is 3. The zero-order chi connectivity index (χ0) is 18.1. The number of carbonyl (C=O) groups excluding carboxylic acids is 3. The second-order valence-corrected chi connectivity index (χ2v) is 7.25. The Hall–Kier alpha value is -1.69. The van der Waals surface area contributed by atoms with Crippen LogP contribution in [0.4, 0.5) is 9.80 Å². The monoisotopic (exact) mass is 362 g/mol.